The first-order chi connectivity index (χ1) is 12.7. The number of piperazine rings is 1. The minimum absolute atomic E-state index is 0.180. The van der Waals surface area contributed by atoms with Crippen LogP contribution in [0.15, 0.2) is 45.3 Å². The van der Waals surface area contributed by atoms with E-state index < -0.39 is 6.36 Å². The largest absolute Gasteiger partial charge is 0.573 e. The molecule has 146 valence electrons. The normalized spacial score (nSPS) is 16.9. The highest BCUT2D eigenvalue weighted by atomic mass is 79.9. The summed E-state index contributed by atoms with van der Waals surface area (Å²) in [5.41, 5.74) is 8.68. The van der Waals surface area contributed by atoms with E-state index in [4.69, 9.17) is 5.73 Å². The van der Waals surface area contributed by atoms with E-state index in [9.17, 15) is 13.2 Å². The Hall–Kier alpha value is -1.29. The van der Waals surface area contributed by atoms with E-state index >= 15 is 0 Å². The van der Waals surface area contributed by atoms with Gasteiger partial charge in [0.2, 0.25) is 0 Å². The van der Waals surface area contributed by atoms with Gasteiger partial charge in [0, 0.05) is 35.1 Å². The van der Waals surface area contributed by atoms with Crippen molar-refractivity contribution in [2.24, 2.45) is 0 Å². The molecule has 0 unspecified atom stereocenters. The SMILES string of the molecule is Nc1c(Br)cc(Br)cc1[C@@H](c1ccc(OC(F)(F)F)cc1)N1CCNCC1. The van der Waals surface area contributed by atoms with Gasteiger partial charge >= 0.3 is 6.36 Å². The molecule has 0 aliphatic carbocycles. The first-order valence-electron chi connectivity index (χ1n) is 8.29. The average Bonchev–Trinajstić information content (AvgIpc) is 2.60. The first kappa shape index (κ1) is 20.4. The van der Waals surface area contributed by atoms with E-state index in [1.54, 1.807) is 12.1 Å². The Bertz CT molecular complexity index is 794. The second-order valence-electron chi connectivity index (χ2n) is 6.20. The fraction of sp³-hybridized carbons (Fsp3) is 0.333. The topological polar surface area (TPSA) is 50.5 Å². The van der Waals surface area contributed by atoms with Crippen LogP contribution in [-0.4, -0.2) is 37.4 Å². The highest BCUT2D eigenvalue weighted by molar-refractivity contribution is 9.11. The summed E-state index contributed by atoms with van der Waals surface area (Å²) in [5.74, 6) is -0.242. The predicted molar refractivity (Wildman–Crippen MR) is 106 cm³/mol. The van der Waals surface area contributed by atoms with Crippen LogP contribution in [0.5, 0.6) is 5.75 Å². The maximum Gasteiger partial charge on any atom is 0.573 e. The van der Waals surface area contributed by atoms with Crippen molar-refractivity contribution in [1.82, 2.24) is 10.2 Å². The molecule has 1 aliphatic rings. The van der Waals surface area contributed by atoms with E-state index in [-0.39, 0.29) is 11.8 Å². The zero-order chi connectivity index (χ0) is 19.6. The van der Waals surface area contributed by atoms with Gasteiger partial charge in [-0.3, -0.25) is 4.90 Å². The Kier molecular flexibility index (Phi) is 6.35. The Balaban J connectivity index is 2.00. The van der Waals surface area contributed by atoms with Crippen molar-refractivity contribution in [3.05, 3.63) is 56.5 Å². The van der Waals surface area contributed by atoms with Crippen LogP contribution in [0, 0.1) is 0 Å². The molecule has 0 spiro atoms. The molecule has 2 aromatic carbocycles. The zero-order valence-electron chi connectivity index (χ0n) is 14.2. The van der Waals surface area contributed by atoms with Crippen LogP contribution in [0.25, 0.3) is 0 Å². The molecule has 27 heavy (non-hydrogen) atoms. The molecule has 1 fully saturated rings. The third-order valence-corrected chi connectivity index (χ3v) is 5.48. The molecule has 1 saturated heterocycles. The van der Waals surface area contributed by atoms with E-state index in [0.29, 0.717) is 5.69 Å². The van der Waals surface area contributed by atoms with E-state index in [0.717, 1.165) is 46.3 Å². The summed E-state index contributed by atoms with van der Waals surface area (Å²) in [5, 5.41) is 3.31. The Morgan fingerprint density at radius 1 is 1.07 bits per heavy atom. The number of hydrogen-bond donors (Lipinski definition) is 2. The molecule has 0 radical (unpaired) electrons. The molecule has 1 heterocycles. The van der Waals surface area contributed by atoms with Gasteiger partial charge in [0.15, 0.2) is 0 Å². The highest BCUT2D eigenvalue weighted by Gasteiger charge is 2.31. The third kappa shape index (κ3) is 5.16. The second-order valence-corrected chi connectivity index (χ2v) is 7.97. The lowest BCUT2D eigenvalue weighted by Gasteiger charge is -2.36. The predicted octanol–water partition coefficient (Wildman–Crippen LogP) is 4.69. The number of nitrogens with zero attached hydrogens (tertiary/aromatic N) is 1. The van der Waals surface area contributed by atoms with Crippen LogP contribution in [0.3, 0.4) is 0 Å². The lowest BCUT2D eigenvalue weighted by atomic mass is 9.95. The molecule has 0 bridgehead atoms. The average molecular weight is 509 g/mol. The molecule has 4 nitrogen and oxygen atoms in total. The Morgan fingerprint density at radius 2 is 1.70 bits per heavy atom. The minimum Gasteiger partial charge on any atom is -0.406 e. The summed E-state index contributed by atoms with van der Waals surface area (Å²) in [7, 11) is 0. The maximum atomic E-state index is 12.4. The summed E-state index contributed by atoms with van der Waals surface area (Å²) in [6, 6.07) is 9.62. The summed E-state index contributed by atoms with van der Waals surface area (Å²) in [6.45, 7) is 3.27. The summed E-state index contributed by atoms with van der Waals surface area (Å²) < 4.78 is 42.9. The Morgan fingerprint density at radius 3 is 2.30 bits per heavy atom. The number of halogens is 5. The lowest BCUT2D eigenvalue weighted by molar-refractivity contribution is -0.274. The van der Waals surface area contributed by atoms with Crippen LogP contribution in [0.2, 0.25) is 0 Å². The number of anilines is 1. The molecule has 1 aliphatic heterocycles. The number of nitrogen functional groups attached to an aromatic ring is 1. The smallest absolute Gasteiger partial charge is 0.406 e. The van der Waals surface area contributed by atoms with Gasteiger partial charge in [0.05, 0.1) is 11.7 Å². The van der Waals surface area contributed by atoms with E-state index in [1.165, 1.54) is 12.1 Å². The molecule has 3 rings (SSSR count). The number of rotatable bonds is 4. The van der Waals surface area contributed by atoms with Crippen molar-refractivity contribution in [3.8, 4) is 5.75 Å². The van der Waals surface area contributed by atoms with Gasteiger partial charge in [0.25, 0.3) is 0 Å². The molecule has 9 heteroatoms. The fourth-order valence-corrected chi connectivity index (χ4v) is 4.47. The van der Waals surface area contributed by atoms with Crippen molar-refractivity contribution in [3.63, 3.8) is 0 Å². The molecule has 0 amide bonds. The molecule has 3 N–H and O–H groups in total. The van der Waals surface area contributed by atoms with Crippen molar-refractivity contribution < 1.29 is 17.9 Å². The van der Waals surface area contributed by atoms with Crippen LogP contribution < -0.4 is 15.8 Å². The molecule has 0 aromatic heterocycles. The van der Waals surface area contributed by atoms with Crippen molar-refractivity contribution in [1.29, 1.82) is 0 Å². The molecule has 1 atom stereocenters. The van der Waals surface area contributed by atoms with Crippen molar-refractivity contribution >= 4 is 37.5 Å². The molecule has 0 saturated carbocycles. The van der Waals surface area contributed by atoms with Crippen LogP contribution in [-0.2, 0) is 0 Å². The number of benzene rings is 2. The van der Waals surface area contributed by atoms with Crippen LogP contribution in [0.4, 0.5) is 18.9 Å². The highest BCUT2D eigenvalue weighted by Crippen LogP contribution is 2.38. The molecular weight excluding hydrogens is 491 g/mol. The molecular formula is C18H18Br2F3N3O. The Labute approximate surface area is 172 Å². The monoisotopic (exact) mass is 507 g/mol. The number of ether oxygens (including phenoxy) is 1. The number of nitrogens with two attached hydrogens (primary N) is 1. The fourth-order valence-electron chi connectivity index (χ4n) is 3.21. The number of nitrogens with one attached hydrogen (secondary N) is 1. The van der Waals surface area contributed by atoms with Gasteiger partial charge < -0.3 is 15.8 Å². The van der Waals surface area contributed by atoms with Gasteiger partial charge in [-0.1, -0.05) is 28.1 Å². The van der Waals surface area contributed by atoms with Crippen molar-refractivity contribution in [2.75, 3.05) is 31.9 Å². The van der Waals surface area contributed by atoms with Gasteiger partial charge in [-0.05, 0) is 51.3 Å². The summed E-state index contributed by atoms with van der Waals surface area (Å²) in [6.07, 6.45) is -4.71. The van der Waals surface area contributed by atoms with E-state index in [1.807, 2.05) is 12.1 Å². The van der Waals surface area contributed by atoms with Gasteiger partial charge in [-0.2, -0.15) is 0 Å². The maximum absolute atomic E-state index is 12.4. The number of hydrogen-bond acceptors (Lipinski definition) is 4. The summed E-state index contributed by atoms with van der Waals surface area (Å²) in [4.78, 5) is 2.26. The second kappa shape index (κ2) is 8.38. The summed E-state index contributed by atoms with van der Waals surface area (Å²) >= 11 is 6.97. The van der Waals surface area contributed by atoms with Crippen LogP contribution >= 0.6 is 31.9 Å². The van der Waals surface area contributed by atoms with Gasteiger partial charge in [-0.25, -0.2) is 0 Å². The zero-order valence-corrected chi connectivity index (χ0v) is 17.4. The van der Waals surface area contributed by atoms with Gasteiger partial charge in [-0.15, -0.1) is 13.2 Å². The van der Waals surface area contributed by atoms with Crippen molar-refractivity contribution in [2.45, 2.75) is 12.4 Å². The minimum atomic E-state index is -4.71. The third-order valence-electron chi connectivity index (χ3n) is 4.37. The van der Waals surface area contributed by atoms with Gasteiger partial charge in [0.1, 0.15) is 5.75 Å². The lowest BCUT2D eigenvalue weighted by Crippen LogP contribution is -2.45. The van der Waals surface area contributed by atoms with Crippen LogP contribution in [0.1, 0.15) is 17.2 Å². The standard InChI is InChI=1S/C18H18Br2F3N3O/c19-12-9-14(16(24)15(20)10-12)17(26-7-5-25-6-8-26)11-1-3-13(4-2-11)27-18(21,22)23/h1-4,9-10,17,25H,5-8,24H2/t17-/m1/s1. The van der Waals surface area contributed by atoms with E-state index in [2.05, 4.69) is 46.8 Å². The number of alkyl halides is 3. The molecule has 2 aromatic rings. The quantitative estimate of drug-likeness (QED) is 0.588. The first-order valence-corrected chi connectivity index (χ1v) is 9.88.